The molecule has 1 heterocycles. The lowest BCUT2D eigenvalue weighted by molar-refractivity contribution is 0.577. The number of nitrogens with zero attached hydrogens (tertiary/aromatic N) is 2. The molecule has 0 amide bonds. The van der Waals surface area contributed by atoms with Crippen LogP contribution in [0, 0.1) is 0 Å². The Bertz CT molecular complexity index is 689. The molecule has 0 saturated carbocycles. The highest BCUT2D eigenvalue weighted by Crippen LogP contribution is 2.12. The molecule has 2 rings (SSSR count). The van der Waals surface area contributed by atoms with Crippen LogP contribution in [0.2, 0.25) is 5.02 Å². The predicted molar refractivity (Wildman–Crippen MR) is 80.6 cm³/mol. The van der Waals surface area contributed by atoms with Gasteiger partial charge in [-0.25, -0.2) is 4.79 Å². The molecule has 0 unspecified atom stereocenters. The fourth-order valence-corrected chi connectivity index (χ4v) is 2.01. The van der Waals surface area contributed by atoms with Crippen LogP contribution in [0.5, 0.6) is 0 Å². The van der Waals surface area contributed by atoms with Crippen molar-refractivity contribution in [2.75, 3.05) is 11.9 Å². The number of halogens is 1. The molecular weight excluding hydrogens is 278 g/mol. The average molecular weight is 294 g/mol. The van der Waals surface area contributed by atoms with Crippen molar-refractivity contribution in [1.82, 2.24) is 9.13 Å². The van der Waals surface area contributed by atoms with E-state index in [0.717, 1.165) is 5.69 Å². The standard InChI is InChI=1S/C14H16ClN3O2/c1-2-17-9-7-13(19)18(14(17)20)10-8-16-12-5-3-11(15)4-6-12/h3-7,9,16H,2,8,10H2,1H3. The van der Waals surface area contributed by atoms with E-state index >= 15 is 0 Å². The first kappa shape index (κ1) is 14.4. The van der Waals surface area contributed by atoms with Gasteiger partial charge in [-0.05, 0) is 31.2 Å². The summed E-state index contributed by atoms with van der Waals surface area (Å²) in [6.07, 6.45) is 1.52. The van der Waals surface area contributed by atoms with Gasteiger partial charge in [-0.1, -0.05) is 11.6 Å². The predicted octanol–water partition coefficient (Wildman–Crippen LogP) is 1.80. The van der Waals surface area contributed by atoms with Crippen molar-refractivity contribution in [3.05, 3.63) is 62.4 Å². The second kappa shape index (κ2) is 6.43. The molecule has 0 fully saturated rings. The van der Waals surface area contributed by atoms with E-state index in [-0.39, 0.29) is 11.2 Å². The number of aromatic nitrogens is 2. The SMILES string of the molecule is CCn1ccc(=O)n(CCNc2ccc(Cl)cc2)c1=O. The molecule has 0 aliphatic carbocycles. The van der Waals surface area contributed by atoms with Crippen molar-refractivity contribution in [2.24, 2.45) is 0 Å². The average Bonchev–Trinajstić information content (AvgIpc) is 2.44. The molecule has 2 aromatic rings. The Kier molecular flexibility index (Phi) is 4.63. The number of rotatable bonds is 5. The highest BCUT2D eigenvalue weighted by Gasteiger charge is 2.03. The zero-order chi connectivity index (χ0) is 14.5. The van der Waals surface area contributed by atoms with E-state index in [0.29, 0.717) is 24.7 Å². The lowest BCUT2D eigenvalue weighted by Gasteiger charge is -2.09. The van der Waals surface area contributed by atoms with E-state index in [1.165, 1.54) is 21.4 Å². The third-order valence-corrected chi connectivity index (χ3v) is 3.24. The molecule has 106 valence electrons. The van der Waals surface area contributed by atoms with Gasteiger partial charge in [-0.3, -0.25) is 9.36 Å². The topological polar surface area (TPSA) is 56.0 Å². The van der Waals surface area contributed by atoms with E-state index in [9.17, 15) is 9.59 Å². The van der Waals surface area contributed by atoms with E-state index in [2.05, 4.69) is 5.32 Å². The number of anilines is 1. The molecule has 5 nitrogen and oxygen atoms in total. The smallest absolute Gasteiger partial charge is 0.331 e. The van der Waals surface area contributed by atoms with Crippen molar-refractivity contribution < 1.29 is 0 Å². The van der Waals surface area contributed by atoms with Crippen molar-refractivity contribution in [3.63, 3.8) is 0 Å². The maximum absolute atomic E-state index is 12.0. The Morgan fingerprint density at radius 2 is 1.85 bits per heavy atom. The van der Waals surface area contributed by atoms with E-state index in [4.69, 9.17) is 11.6 Å². The Morgan fingerprint density at radius 1 is 1.15 bits per heavy atom. The van der Waals surface area contributed by atoms with Crippen molar-refractivity contribution in [3.8, 4) is 0 Å². The van der Waals surface area contributed by atoms with Gasteiger partial charge in [0.1, 0.15) is 0 Å². The zero-order valence-corrected chi connectivity index (χ0v) is 11.9. The summed E-state index contributed by atoms with van der Waals surface area (Å²) >= 11 is 5.80. The molecule has 0 saturated heterocycles. The molecule has 0 aliphatic rings. The van der Waals surface area contributed by atoms with Crippen molar-refractivity contribution >= 4 is 17.3 Å². The molecule has 20 heavy (non-hydrogen) atoms. The van der Waals surface area contributed by atoms with Crippen LogP contribution in [0.25, 0.3) is 0 Å². The molecule has 0 spiro atoms. The van der Waals surface area contributed by atoms with Gasteiger partial charge in [0.25, 0.3) is 5.56 Å². The van der Waals surface area contributed by atoms with Gasteiger partial charge in [0.05, 0.1) is 0 Å². The summed E-state index contributed by atoms with van der Waals surface area (Å²) in [6.45, 7) is 3.22. The lowest BCUT2D eigenvalue weighted by Crippen LogP contribution is -2.40. The molecular formula is C14H16ClN3O2. The number of nitrogens with one attached hydrogen (secondary N) is 1. The summed E-state index contributed by atoms with van der Waals surface area (Å²) in [5.74, 6) is 0. The molecule has 0 bridgehead atoms. The third kappa shape index (κ3) is 3.30. The molecule has 0 aliphatic heterocycles. The second-order valence-corrected chi connectivity index (χ2v) is 4.74. The van der Waals surface area contributed by atoms with Gasteiger partial charge < -0.3 is 9.88 Å². The monoisotopic (exact) mass is 293 g/mol. The first-order chi connectivity index (χ1) is 9.61. The first-order valence-corrected chi connectivity index (χ1v) is 6.79. The maximum Gasteiger partial charge on any atom is 0.331 e. The lowest BCUT2D eigenvalue weighted by atomic mass is 10.3. The highest BCUT2D eigenvalue weighted by atomic mass is 35.5. The fraction of sp³-hybridized carbons (Fsp3) is 0.286. The fourth-order valence-electron chi connectivity index (χ4n) is 1.88. The summed E-state index contributed by atoms with van der Waals surface area (Å²) in [6, 6.07) is 8.67. The largest absolute Gasteiger partial charge is 0.383 e. The number of benzene rings is 1. The minimum Gasteiger partial charge on any atom is -0.383 e. The third-order valence-electron chi connectivity index (χ3n) is 2.99. The Hall–Kier alpha value is -2.01. The molecule has 1 aromatic heterocycles. The Morgan fingerprint density at radius 3 is 2.50 bits per heavy atom. The number of hydrogen-bond donors (Lipinski definition) is 1. The molecule has 0 atom stereocenters. The van der Waals surface area contributed by atoms with Crippen LogP contribution in [0.3, 0.4) is 0 Å². The molecule has 6 heteroatoms. The van der Waals surface area contributed by atoms with Crippen molar-refractivity contribution in [1.29, 1.82) is 0 Å². The van der Waals surface area contributed by atoms with Crippen LogP contribution in [-0.2, 0) is 13.1 Å². The summed E-state index contributed by atoms with van der Waals surface area (Å²) in [7, 11) is 0. The molecule has 0 radical (unpaired) electrons. The number of hydrogen-bond acceptors (Lipinski definition) is 3. The Balaban J connectivity index is 2.06. The highest BCUT2D eigenvalue weighted by molar-refractivity contribution is 6.30. The summed E-state index contributed by atoms with van der Waals surface area (Å²) in [4.78, 5) is 23.7. The minimum atomic E-state index is -0.280. The van der Waals surface area contributed by atoms with E-state index in [1.807, 2.05) is 19.1 Å². The van der Waals surface area contributed by atoms with Gasteiger partial charge in [0, 0.05) is 42.6 Å². The first-order valence-electron chi connectivity index (χ1n) is 6.41. The number of aryl methyl sites for hydroxylation is 1. The van der Waals surface area contributed by atoms with Crippen LogP contribution < -0.4 is 16.6 Å². The van der Waals surface area contributed by atoms with Crippen LogP contribution in [0.1, 0.15) is 6.92 Å². The van der Waals surface area contributed by atoms with Gasteiger partial charge >= 0.3 is 5.69 Å². The maximum atomic E-state index is 12.0. The van der Waals surface area contributed by atoms with Crippen LogP contribution in [-0.4, -0.2) is 15.7 Å². The summed E-state index contributed by atoms with van der Waals surface area (Å²) < 4.78 is 2.73. The second-order valence-electron chi connectivity index (χ2n) is 4.31. The quantitative estimate of drug-likeness (QED) is 0.914. The zero-order valence-electron chi connectivity index (χ0n) is 11.2. The van der Waals surface area contributed by atoms with Gasteiger partial charge in [0.2, 0.25) is 0 Å². The molecule has 1 aromatic carbocycles. The van der Waals surface area contributed by atoms with Crippen molar-refractivity contribution in [2.45, 2.75) is 20.0 Å². The Labute approximate surface area is 121 Å². The summed E-state index contributed by atoms with van der Waals surface area (Å²) in [5.41, 5.74) is 0.338. The van der Waals surface area contributed by atoms with Gasteiger partial charge in [0.15, 0.2) is 0 Å². The minimum absolute atomic E-state index is 0.280. The van der Waals surface area contributed by atoms with Crippen LogP contribution in [0.15, 0.2) is 46.1 Å². The van der Waals surface area contributed by atoms with Gasteiger partial charge in [-0.2, -0.15) is 0 Å². The normalized spacial score (nSPS) is 10.5. The van der Waals surface area contributed by atoms with E-state index < -0.39 is 0 Å². The van der Waals surface area contributed by atoms with Gasteiger partial charge in [-0.15, -0.1) is 0 Å². The summed E-state index contributed by atoms with van der Waals surface area (Å²) in [5, 5.41) is 3.81. The van der Waals surface area contributed by atoms with Crippen LogP contribution >= 0.6 is 11.6 Å². The molecule has 1 N–H and O–H groups in total. The van der Waals surface area contributed by atoms with Crippen LogP contribution in [0.4, 0.5) is 5.69 Å². The van der Waals surface area contributed by atoms with E-state index in [1.54, 1.807) is 12.1 Å².